The summed E-state index contributed by atoms with van der Waals surface area (Å²) < 4.78 is 5.10. The van der Waals surface area contributed by atoms with Crippen molar-refractivity contribution in [3.8, 4) is 0 Å². The van der Waals surface area contributed by atoms with Crippen LogP contribution in [0.4, 0.5) is 6.01 Å². The van der Waals surface area contributed by atoms with Gasteiger partial charge in [-0.05, 0) is 24.8 Å². The molecule has 22 heavy (non-hydrogen) atoms. The summed E-state index contributed by atoms with van der Waals surface area (Å²) in [5.74, 6) is -0.348. The molecule has 0 saturated heterocycles. The molecule has 1 aromatic carbocycles. The van der Waals surface area contributed by atoms with Crippen molar-refractivity contribution in [3.63, 3.8) is 0 Å². The second-order valence-corrected chi connectivity index (χ2v) is 5.29. The molecule has 6 heteroatoms. The van der Waals surface area contributed by atoms with Crippen molar-refractivity contribution in [2.45, 2.75) is 19.3 Å². The summed E-state index contributed by atoms with van der Waals surface area (Å²) in [6.07, 6.45) is 3.80. The van der Waals surface area contributed by atoms with Gasteiger partial charge in [0.05, 0.1) is 0 Å². The Bertz CT molecular complexity index is 662. The van der Waals surface area contributed by atoms with E-state index in [2.05, 4.69) is 15.6 Å². The number of nitrogens with zero attached hydrogens (tertiary/aromatic N) is 1. The fourth-order valence-corrected chi connectivity index (χ4v) is 2.04. The summed E-state index contributed by atoms with van der Waals surface area (Å²) in [7, 11) is 0. The minimum Gasteiger partial charge on any atom is -0.431 e. The van der Waals surface area contributed by atoms with Gasteiger partial charge in [0.2, 0.25) is 5.91 Å². The lowest BCUT2D eigenvalue weighted by molar-refractivity contribution is -0.117. The third-order valence-electron chi connectivity index (χ3n) is 3.46. The topological polar surface area (TPSA) is 84.2 Å². The number of oxazole rings is 1. The fourth-order valence-electron chi connectivity index (χ4n) is 2.04. The molecule has 1 heterocycles. The van der Waals surface area contributed by atoms with E-state index in [1.54, 1.807) is 0 Å². The Balaban J connectivity index is 1.47. The first-order valence-corrected chi connectivity index (χ1v) is 7.31. The van der Waals surface area contributed by atoms with Gasteiger partial charge < -0.3 is 9.73 Å². The first kappa shape index (κ1) is 14.3. The molecular formula is C16H17N3O3. The number of carbonyl (C=O) groups is 2. The molecule has 1 aliphatic carbocycles. The molecule has 0 aliphatic heterocycles. The standard InChI is InChI=1S/C16H17N3O3/c20-14(12-6-7-12)19-16-18-13(10-22-16)15(21)17-9-8-11-4-2-1-3-5-11/h1-5,10,12H,6-9H2,(H,17,21)(H,18,19,20). The Hall–Kier alpha value is -2.63. The van der Waals surface area contributed by atoms with Gasteiger partial charge in [-0.25, -0.2) is 0 Å². The van der Waals surface area contributed by atoms with E-state index in [0.29, 0.717) is 6.54 Å². The van der Waals surface area contributed by atoms with E-state index in [1.165, 1.54) is 6.26 Å². The van der Waals surface area contributed by atoms with E-state index >= 15 is 0 Å². The minimum absolute atomic E-state index is 0.0649. The highest BCUT2D eigenvalue weighted by atomic mass is 16.4. The van der Waals surface area contributed by atoms with Gasteiger partial charge in [0.15, 0.2) is 5.69 Å². The number of benzene rings is 1. The molecular weight excluding hydrogens is 282 g/mol. The minimum atomic E-state index is -0.313. The molecule has 2 N–H and O–H groups in total. The molecule has 0 atom stereocenters. The Kier molecular flexibility index (Phi) is 4.18. The van der Waals surface area contributed by atoms with Crippen LogP contribution in [0, 0.1) is 5.92 Å². The smallest absolute Gasteiger partial charge is 0.302 e. The van der Waals surface area contributed by atoms with E-state index in [-0.39, 0.29) is 29.4 Å². The Morgan fingerprint density at radius 1 is 1.23 bits per heavy atom. The second-order valence-electron chi connectivity index (χ2n) is 5.29. The predicted octanol–water partition coefficient (Wildman–Crippen LogP) is 2.00. The number of anilines is 1. The molecule has 1 aliphatic rings. The average Bonchev–Trinajstić information content (AvgIpc) is 3.28. The normalized spacial score (nSPS) is 13.6. The zero-order valence-electron chi connectivity index (χ0n) is 12.0. The van der Waals surface area contributed by atoms with E-state index in [0.717, 1.165) is 24.8 Å². The molecule has 0 unspecified atom stereocenters. The molecule has 2 aromatic rings. The van der Waals surface area contributed by atoms with Gasteiger partial charge in [0.1, 0.15) is 6.26 Å². The van der Waals surface area contributed by atoms with Crippen molar-refractivity contribution in [1.82, 2.24) is 10.3 Å². The van der Waals surface area contributed by atoms with E-state index in [1.807, 2.05) is 30.3 Å². The predicted molar refractivity (Wildman–Crippen MR) is 80.3 cm³/mol. The highest BCUT2D eigenvalue weighted by Crippen LogP contribution is 2.30. The zero-order valence-corrected chi connectivity index (χ0v) is 12.0. The summed E-state index contributed by atoms with van der Waals surface area (Å²) in [4.78, 5) is 27.5. The quantitative estimate of drug-likeness (QED) is 0.854. The van der Waals surface area contributed by atoms with Gasteiger partial charge in [0, 0.05) is 12.5 Å². The van der Waals surface area contributed by atoms with Crippen LogP contribution in [0.1, 0.15) is 28.9 Å². The van der Waals surface area contributed by atoms with Gasteiger partial charge in [-0.3, -0.25) is 14.9 Å². The van der Waals surface area contributed by atoms with E-state index in [4.69, 9.17) is 4.42 Å². The first-order valence-electron chi connectivity index (χ1n) is 7.31. The highest BCUT2D eigenvalue weighted by molar-refractivity contribution is 5.94. The summed E-state index contributed by atoms with van der Waals surface area (Å²) in [6.45, 7) is 0.513. The van der Waals surface area contributed by atoms with Crippen LogP contribution in [-0.2, 0) is 11.2 Å². The van der Waals surface area contributed by atoms with Gasteiger partial charge in [0.25, 0.3) is 5.91 Å². The number of amides is 2. The largest absolute Gasteiger partial charge is 0.431 e. The van der Waals surface area contributed by atoms with Crippen LogP contribution < -0.4 is 10.6 Å². The Morgan fingerprint density at radius 3 is 2.73 bits per heavy atom. The molecule has 6 nitrogen and oxygen atoms in total. The zero-order chi connectivity index (χ0) is 15.4. The Morgan fingerprint density at radius 2 is 2.00 bits per heavy atom. The maximum atomic E-state index is 11.9. The van der Waals surface area contributed by atoms with Gasteiger partial charge in [-0.15, -0.1) is 0 Å². The lowest BCUT2D eigenvalue weighted by atomic mass is 10.1. The third kappa shape index (κ3) is 3.72. The maximum absolute atomic E-state index is 11.9. The molecule has 1 aromatic heterocycles. The van der Waals surface area contributed by atoms with Crippen molar-refractivity contribution in [2.75, 3.05) is 11.9 Å². The number of hydrogen-bond acceptors (Lipinski definition) is 4. The summed E-state index contributed by atoms with van der Waals surface area (Å²) >= 11 is 0. The van der Waals surface area contributed by atoms with Gasteiger partial charge in [-0.2, -0.15) is 4.98 Å². The Labute approximate surface area is 127 Å². The number of aromatic nitrogens is 1. The summed E-state index contributed by atoms with van der Waals surface area (Å²) in [5.41, 5.74) is 1.32. The van der Waals surface area contributed by atoms with Crippen LogP contribution in [0.2, 0.25) is 0 Å². The monoisotopic (exact) mass is 299 g/mol. The number of rotatable bonds is 6. The molecule has 3 rings (SSSR count). The molecule has 0 spiro atoms. The summed E-state index contributed by atoms with van der Waals surface area (Å²) in [5, 5.41) is 5.34. The summed E-state index contributed by atoms with van der Waals surface area (Å²) in [6, 6.07) is 9.97. The van der Waals surface area contributed by atoms with E-state index in [9.17, 15) is 9.59 Å². The fraction of sp³-hybridized carbons (Fsp3) is 0.312. The first-order chi connectivity index (χ1) is 10.7. The van der Waals surface area contributed by atoms with Crippen molar-refractivity contribution >= 4 is 17.8 Å². The van der Waals surface area contributed by atoms with Gasteiger partial charge >= 0.3 is 6.01 Å². The van der Waals surface area contributed by atoms with Crippen LogP contribution in [0.15, 0.2) is 41.0 Å². The SMILES string of the molecule is O=C(NCCc1ccccc1)c1coc(NC(=O)C2CC2)n1. The second kappa shape index (κ2) is 6.43. The van der Waals surface area contributed by atoms with Crippen molar-refractivity contribution in [2.24, 2.45) is 5.92 Å². The molecule has 0 radical (unpaired) electrons. The molecule has 1 saturated carbocycles. The van der Waals surface area contributed by atoms with Crippen molar-refractivity contribution in [3.05, 3.63) is 47.9 Å². The number of carbonyl (C=O) groups excluding carboxylic acids is 2. The van der Waals surface area contributed by atoms with Crippen LogP contribution in [-0.4, -0.2) is 23.3 Å². The average molecular weight is 299 g/mol. The molecule has 1 fully saturated rings. The van der Waals surface area contributed by atoms with Crippen molar-refractivity contribution < 1.29 is 14.0 Å². The van der Waals surface area contributed by atoms with Crippen LogP contribution in [0.25, 0.3) is 0 Å². The maximum Gasteiger partial charge on any atom is 0.302 e. The number of nitrogens with one attached hydrogen (secondary N) is 2. The lowest BCUT2D eigenvalue weighted by Gasteiger charge is -2.02. The third-order valence-corrected chi connectivity index (χ3v) is 3.46. The molecule has 2 amide bonds. The van der Waals surface area contributed by atoms with Crippen molar-refractivity contribution in [1.29, 1.82) is 0 Å². The van der Waals surface area contributed by atoms with Crippen LogP contribution in [0.3, 0.4) is 0 Å². The van der Waals surface area contributed by atoms with Crippen LogP contribution >= 0.6 is 0 Å². The molecule has 0 bridgehead atoms. The highest BCUT2D eigenvalue weighted by Gasteiger charge is 2.30. The lowest BCUT2D eigenvalue weighted by Crippen LogP contribution is -2.26. The van der Waals surface area contributed by atoms with Crippen LogP contribution in [0.5, 0.6) is 0 Å². The van der Waals surface area contributed by atoms with Gasteiger partial charge in [-0.1, -0.05) is 30.3 Å². The van der Waals surface area contributed by atoms with E-state index < -0.39 is 0 Å². The number of hydrogen-bond donors (Lipinski definition) is 2. The molecule has 114 valence electrons.